The summed E-state index contributed by atoms with van der Waals surface area (Å²) in [7, 11) is 0. The molecule has 0 aromatic carbocycles. The summed E-state index contributed by atoms with van der Waals surface area (Å²) < 4.78 is 7.88. The molecule has 86 valence electrons. The molecule has 0 aliphatic heterocycles. The highest BCUT2D eigenvalue weighted by Crippen LogP contribution is 2.19. The molecule has 2 aromatic rings. The first-order chi connectivity index (χ1) is 7.81. The van der Waals surface area contributed by atoms with Crippen molar-refractivity contribution in [1.82, 2.24) is 14.6 Å². The molecule has 2 aromatic heterocycles. The van der Waals surface area contributed by atoms with E-state index in [9.17, 15) is 0 Å². The zero-order valence-electron chi connectivity index (χ0n) is 8.77. The quantitative estimate of drug-likeness (QED) is 0.848. The predicted molar refractivity (Wildman–Crippen MR) is 64.5 cm³/mol. The van der Waals surface area contributed by atoms with Crippen molar-refractivity contribution in [1.29, 1.82) is 0 Å². The van der Waals surface area contributed by atoms with Crippen LogP contribution >= 0.6 is 15.9 Å². The fourth-order valence-corrected chi connectivity index (χ4v) is 1.74. The molecular weight excluding hydrogens is 272 g/mol. The van der Waals surface area contributed by atoms with Crippen LogP contribution in [0.25, 0.3) is 5.65 Å². The Morgan fingerprint density at radius 1 is 1.44 bits per heavy atom. The Hall–Kier alpha value is -1.14. The number of hydrogen-bond acceptors (Lipinski definition) is 4. The Kier molecular flexibility index (Phi) is 3.74. The molecule has 0 bridgehead atoms. The van der Waals surface area contributed by atoms with Gasteiger partial charge in [0.05, 0.1) is 6.61 Å². The molecule has 2 rings (SSSR count). The van der Waals surface area contributed by atoms with E-state index in [4.69, 9.17) is 10.5 Å². The number of unbranched alkanes of at least 4 members (excludes halogenated alkanes) is 1. The van der Waals surface area contributed by atoms with Gasteiger partial charge in [-0.25, -0.2) is 4.52 Å². The molecule has 0 aliphatic carbocycles. The van der Waals surface area contributed by atoms with Crippen LogP contribution in [0.3, 0.4) is 0 Å². The van der Waals surface area contributed by atoms with Gasteiger partial charge in [0.2, 0.25) is 4.73 Å². The molecule has 2 N–H and O–H groups in total. The third kappa shape index (κ3) is 2.51. The van der Waals surface area contributed by atoms with Crippen LogP contribution < -0.4 is 10.5 Å². The summed E-state index contributed by atoms with van der Waals surface area (Å²) >= 11 is 3.24. The average molecular weight is 285 g/mol. The lowest BCUT2D eigenvalue weighted by molar-refractivity contribution is 0.309. The van der Waals surface area contributed by atoms with Crippen LogP contribution in [0.4, 0.5) is 0 Å². The highest BCUT2D eigenvalue weighted by Gasteiger charge is 2.06. The van der Waals surface area contributed by atoms with Crippen molar-refractivity contribution in [2.45, 2.75) is 12.8 Å². The Bertz CT molecular complexity index is 471. The maximum absolute atomic E-state index is 5.63. The van der Waals surface area contributed by atoms with Gasteiger partial charge in [-0.15, -0.1) is 5.10 Å². The Morgan fingerprint density at radius 3 is 3.12 bits per heavy atom. The van der Waals surface area contributed by atoms with E-state index in [1.807, 2.05) is 18.3 Å². The minimum absolute atomic E-state index is 0.561. The van der Waals surface area contributed by atoms with E-state index in [-0.39, 0.29) is 0 Å². The molecule has 0 aliphatic rings. The van der Waals surface area contributed by atoms with Crippen LogP contribution in [0.1, 0.15) is 12.8 Å². The van der Waals surface area contributed by atoms with Gasteiger partial charge < -0.3 is 10.5 Å². The number of pyridine rings is 1. The standard InChI is InChI=1S/C10H13BrN4O/c11-10-13-9-8(16-7-2-1-5-12)4-3-6-15(9)14-10/h3-4,6H,1-2,5,7,12H2. The van der Waals surface area contributed by atoms with E-state index in [1.54, 1.807) is 4.52 Å². The molecule has 0 radical (unpaired) electrons. The molecule has 0 fully saturated rings. The molecule has 0 saturated carbocycles. The Balaban J connectivity index is 2.11. The molecule has 2 heterocycles. The van der Waals surface area contributed by atoms with Crippen LogP contribution in [-0.4, -0.2) is 27.7 Å². The molecule has 0 spiro atoms. The molecule has 0 amide bonds. The van der Waals surface area contributed by atoms with Crippen LogP contribution in [0, 0.1) is 0 Å². The predicted octanol–water partition coefficient (Wildman–Crippen LogP) is 1.61. The highest BCUT2D eigenvalue weighted by atomic mass is 79.9. The van der Waals surface area contributed by atoms with Gasteiger partial charge in [-0.2, -0.15) is 4.98 Å². The number of halogens is 1. The smallest absolute Gasteiger partial charge is 0.218 e. The fourth-order valence-electron chi connectivity index (χ4n) is 1.40. The van der Waals surface area contributed by atoms with Crippen molar-refractivity contribution in [3.05, 3.63) is 23.1 Å². The fraction of sp³-hybridized carbons (Fsp3) is 0.400. The molecule has 0 atom stereocenters. The summed E-state index contributed by atoms with van der Waals surface area (Å²) in [6.07, 6.45) is 3.76. The SMILES string of the molecule is NCCCCOc1cccn2nc(Br)nc12. The zero-order chi connectivity index (χ0) is 11.4. The first kappa shape index (κ1) is 11.3. The Morgan fingerprint density at radius 2 is 2.31 bits per heavy atom. The van der Waals surface area contributed by atoms with E-state index < -0.39 is 0 Å². The Labute approximate surface area is 102 Å². The minimum Gasteiger partial charge on any atom is -0.490 e. The maximum atomic E-state index is 5.63. The van der Waals surface area contributed by atoms with E-state index in [0.29, 0.717) is 17.9 Å². The van der Waals surface area contributed by atoms with Gasteiger partial charge in [-0.3, -0.25) is 0 Å². The van der Waals surface area contributed by atoms with Gasteiger partial charge in [0, 0.05) is 6.20 Å². The van der Waals surface area contributed by atoms with E-state index in [2.05, 4.69) is 26.0 Å². The first-order valence-electron chi connectivity index (χ1n) is 5.15. The van der Waals surface area contributed by atoms with E-state index >= 15 is 0 Å². The average Bonchev–Trinajstić information content (AvgIpc) is 2.65. The lowest BCUT2D eigenvalue weighted by Gasteiger charge is -2.05. The van der Waals surface area contributed by atoms with Crippen LogP contribution in [0.15, 0.2) is 23.1 Å². The molecule has 16 heavy (non-hydrogen) atoms. The van der Waals surface area contributed by atoms with Crippen molar-refractivity contribution in [2.24, 2.45) is 5.73 Å². The van der Waals surface area contributed by atoms with Gasteiger partial charge >= 0.3 is 0 Å². The summed E-state index contributed by atoms with van der Waals surface area (Å²) in [5.74, 6) is 0.748. The normalized spacial score (nSPS) is 10.9. The maximum Gasteiger partial charge on any atom is 0.218 e. The van der Waals surface area contributed by atoms with Crippen LogP contribution in [0.5, 0.6) is 5.75 Å². The van der Waals surface area contributed by atoms with Crippen molar-refractivity contribution < 1.29 is 4.74 Å². The molecule has 5 nitrogen and oxygen atoms in total. The number of fused-ring (bicyclic) bond motifs is 1. The largest absolute Gasteiger partial charge is 0.490 e. The van der Waals surface area contributed by atoms with E-state index in [0.717, 1.165) is 24.2 Å². The second-order valence-corrected chi connectivity index (χ2v) is 4.07. The van der Waals surface area contributed by atoms with E-state index in [1.165, 1.54) is 0 Å². The van der Waals surface area contributed by atoms with Crippen LogP contribution in [-0.2, 0) is 0 Å². The molecule has 0 saturated heterocycles. The third-order valence-electron chi connectivity index (χ3n) is 2.16. The number of ether oxygens (including phenoxy) is 1. The van der Waals surface area contributed by atoms with Gasteiger partial charge in [-0.05, 0) is 47.4 Å². The van der Waals surface area contributed by atoms with Gasteiger partial charge in [-0.1, -0.05) is 0 Å². The van der Waals surface area contributed by atoms with Gasteiger partial charge in [0.15, 0.2) is 11.4 Å². The second-order valence-electron chi connectivity index (χ2n) is 3.37. The third-order valence-corrected chi connectivity index (χ3v) is 2.49. The monoisotopic (exact) mass is 284 g/mol. The van der Waals surface area contributed by atoms with Gasteiger partial charge in [0.25, 0.3) is 0 Å². The zero-order valence-corrected chi connectivity index (χ0v) is 10.4. The number of hydrogen-bond donors (Lipinski definition) is 1. The summed E-state index contributed by atoms with van der Waals surface area (Å²) in [6.45, 7) is 1.35. The lowest BCUT2D eigenvalue weighted by Crippen LogP contribution is -2.04. The lowest BCUT2D eigenvalue weighted by atomic mass is 10.3. The molecule has 0 unspecified atom stereocenters. The van der Waals surface area contributed by atoms with Crippen molar-refractivity contribution >= 4 is 21.6 Å². The summed E-state index contributed by atoms with van der Waals surface area (Å²) in [6, 6.07) is 3.77. The molecule has 6 heteroatoms. The number of rotatable bonds is 5. The van der Waals surface area contributed by atoms with Crippen molar-refractivity contribution in [3.63, 3.8) is 0 Å². The molecular formula is C10H13BrN4O. The van der Waals surface area contributed by atoms with Gasteiger partial charge in [0.1, 0.15) is 0 Å². The highest BCUT2D eigenvalue weighted by molar-refractivity contribution is 9.10. The topological polar surface area (TPSA) is 65.4 Å². The first-order valence-corrected chi connectivity index (χ1v) is 5.94. The van der Waals surface area contributed by atoms with Crippen molar-refractivity contribution in [2.75, 3.05) is 13.2 Å². The number of nitrogens with two attached hydrogens (primary N) is 1. The van der Waals surface area contributed by atoms with Crippen molar-refractivity contribution in [3.8, 4) is 5.75 Å². The number of nitrogens with zero attached hydrogens (tertiary/aromatic N) is 3. The summed E-state index contributed by atoms with van der Waals surface area (Å²) in [5, 5.41) is 4.14. The van der Waals surface area contributed by atoms with Crippen LogP contribution in [0.2, 0.25) is 0 Å². The second kappa shape index (κ2) is 5.27. The minimum atomic E-state index is 0.561. The summed E-state index contributed by atoms with van der Waals surface area (Å²) in [5.41, 5.74) is 6.14. The summed E-state index contributed by atoms with van der Waals surface area (Å²) in [4.78, 5) is 4.23. The number of aromatic nitrogens is 3.